The Bertz CT molecular complexity index is 1760. The number of anilines is 1. The van der Waals surface area contributed by atoms with Crippen LogP contribution in [0.25, 0.3) is 0 Å². The molecule has 254 valence electrons. The molecular formula is C37H42ClN3O5S2. The molecule has 0 aliphatic rings. The zero-order valence-corrected chi connectivity index (χ0v) is 30.2. The number of halogens is 1. The first-order chi connectivity index (χ1) is 22.8. The molecule has 0 aliphatic carbocycles. The molecular weight excluding hydrogens is 666 g/mol. The molecule has 0 heterocycles. The molecule has 0 radical (unpaired) electrons. The zero-order chi connectivity index (χ0) is 34.9. The summed E-state index contributed by atoms with van der Waals surface area (Å²) >= 11 is 7.67. The average Bonchev–Trinajstić information content (AvgIpc) is 3.06. The summed E-state index contributed by atoms with van der Waals surface area (Å²) in [4.78, 5) is 31.1. The van der Waals surface area contributed by atoms with Gasteiger partial charge in [0.05, 0.1) is 17.2 Å². The number of thioether (sulfide) groups is 1. The third-order valence-corrected chi connectivity index (χ3v) is 10.2. The molecule has 0 unspecified atom stereocenters. The van der Waals surface area contributed by atoms with Gasteiger partial charge in [-0.3, -0.25) is 13.9 Å². The second-order valence-corrected chi connectivity index (χ2v) is 15.4. The predicted molar refractivity (Wildman–Crippen MR) is 194 cm³/mol. The van der Waals surface area contributed by atoms with E-state index < -0.39 is 34.1 Å². The van der Waals surface area contributed by atoms with Gasteiger partial charge in [-0.05, 0) is 106 Å². The van der Waals surface area contributed by atoms with Gasteiger partial charge in [0.1, 0.15) is 18.3 Å². The lowest BCUT2D eigenvalue weighted by Gasteiger charge is -2.35. The van der Waals surface area contributed by atoms with Crippen LogP contribution >= 0.6 is 23.4 Å². The number of nitrogens with one attached hydrogen (secondary N) is 1. The van der Waals surface area contributed by atoms with Gasteiger partial charge >= 0.3 is 0 Å². The maximum Gasteiger partial charge on any atom is 0.264 e. The van der Waals surface area contributed by atoms with E-state index in [1.807, 2.05) is 64.3 Å². The van der Waals surface area contributed by atoms with E-state index in [4.69, 9.17) is 16.3 Å². The van der Waals surface area contributed by atoms with Gasteiger partial charge in [0, 0.05) is 28.4 Å². The minimum Gasteiger partial charge on any atom is -0.494 e. The van der Waals surface area contributed by atoms with Gasteiger partial charge in [0.2, 0.25) is 11.8 Å². The number of carbonyl (C=O) groups is 2. The lowest BCUT2D eigenvalue weighted by Crippen LogP contribution is -2.56. The largest absolute Gasteiger partial charge is 0.494 e. The fourth-order valence-electron chi connectivity index (χ4n) is 5.07. The first-order valence-electron chi connectivity index (χ1n) is 15.6. The van der Waals surface area contributed by atoms with Crippen LogP contribution in [0.2, 0.25) is 5.02 Å². The van der Waals surface area contributed by atoms with E-state index in [1.165, 1.54) is 28.8 Å². The number of nitrogens with zero attached hydrogens (tertiary/aromatic N) is 2. The quantitative estimate of drug-likeness (QED) is 0.139. The molecule has 0 saturated carbocycles. The molecule has 8 nitrogen and oxygen atoms in total. The first kappa shape index (κ1) is 36.8. The Kier molecular flexibility index (Phi) is 12.6. The van der Waals surface area contributed by atoms with E-state index in [1.54, 1.807) is 60.7 Å². The minimum atomic E-state index is -4.23. The molecule has 11 heteroatoms. The Morgan fingerprint density at radius 1 is 0.875 bits per heavy atom. The Morgan fingerprint density at radius 3 is 2.06 bits per heavy atom. The SMILES string of the molecule is CCOc1ccc(N(CC(=O)N(Cc2ccc(Cl)cc2)[C@H](Cc2ccccc2)C(=O)NC(C)(C)C)S(=O)(=O)c2ccc(SC)cc2)cc1. The summed E-state index contributed by atoms with van der Waals surface area (Å²) in [6, 6.07) is 28.6. The zero-order valence-electron chi connectivity index (χ0n) is 27.9. The third kappa shape index (κ3) is 10.0. The van der Waals surface area contributed by atoms with Gasteiger partial charge in [-0.1, -0.05) is 54.1 Å². The molecule has 0 saturated heterocycles. The summed E-state index contributed by atoms with van der Waals surface area (Å²) in [6.45, 7) is 7.42. The van der Waals surface area contributed by atoms with Crippen LogP contribution in [0.5, 0.6) is 5.75 Å². The summed E-state index contributed by atoms with van der Waals surface area (Å²) < 4.78 is 35.3. The fourth-order valence-corrected chi connectivity index (χ4v) is 7.02. The number of sulfonamides is 1. The van der Waals surface area contributed by atoms with E-state index in [0.717, 1.165) is 20.3 Å². The van der Waals surface area contributed by atoms with Crippen LogP contribution in [0.3, 0.4) is 0 Å². The van der Waals surface area contributed by atoms with Crippen molar-refractivity contribution in [2.75, 3.05) is 23.7 Å². The van der Waals surface area contributed by atoms with Crippen molar-refractivity contribution >= 4 is 50.9 Å². The highest BCUT2D eigenvalue weighted by Crippen LogP contribution is 2.28. The second kappa shape index (κ2) is 16.4. The topological polar surface area (TPSA) is 96.0 Å². The Balaban J connectivity index is 1.81. The molecule has 0 aliphatic heterocycles. The number of ether oxygens (including phenoxy) is 1. The summed E-state index contributed by atoms with van der Waals surface area (Å²) in [5.74, 6) is -0.328. The standard InChI is InChI=1S/C37H42ClN3O5S2/c1-6-46-31-18-16-30(17-19-31)41(48(44,45)33-22-20-32(47-5)21-23-33)26-35(42)40(25-28-12-14-29(38)15-13-28)34(36(43)39-37(2,3)4)24-27-10-8-7-9-11-27/h7-23,34H,6,24-26H2,1-5H3,(H,39,43)/t34-/m1/s1. The van der Waals surface area contributed by atoms with Crippen molar-refractivity contribution in [1.29, 1.82) is 0 Å². The summed E-state index contributed by atoms with van der Waals surface area (Å²) in [5, 5.41) is 3.57. The van der Waals surface area contributed by atoms with Gasteiger partial charge in [0.15, 0.2) is 0 Å². The molecule has 0 spiro atoms. The van der Waals surface area contributed by atoms with Gasteiger partial charge in [0.25, 0.3) is 10.0 Å². The van der Waals surface area contributed by atoms with Crippen LogP contribution in [0.1, 0.15) is 38.8 Å². The second-order valence-electron chi connectivity index (χ2n) is 12.2. The van der Waals surface area contributed by atoms with E-state index in [0.29, 0.717) is 17.4 Å². The summed E-state index contributed by atoms with van der Waals surface area (Å²) in [7, 11) is -4.23. The number of hydrogen-bond donors (Lipinski definition) is 1. The number of amides is 2. The molecule has 0 bridgehead atoms. The van der Waals surface area contributed by atoms with E-state index in [9.17, 15) is 18.0 Å². The molecule has 1 N–H and O–H groups in total. The third-order valence-electron chi connectivity index (χ3n) is 7.40. The van der Waals surface area contributed by atoms with Gasteiger partial charge in [-0.25, -0.2) is 8.42 Å². The van der Waals surface area contributed by atoms with Crippen molar-refractivity contribution in [1.82, 2.24) is 10.2 Å². The smallest absolute Gasteiger partial charge is 0.264 e. The predicted octanol–water partition coefficient (Wildman–Crippen LogP) is 7.21. The average molecular weight is 708 g/mol. The van der Waals surface area contributed by atoms with Crippen LogP contribution in [0.15, 0.2) is 113 Å². The number of rotatable bonds is 14. The molecule has 2 amide bonds. The van der Waals surface area contributed by atoms with Crippen LogP contribution in [-0.4, -0.2) is 56.1 Å². The lowest BCUT2D eigenvalue weighted by molar-refractivity contribution is -0.140. The van der Waals surface area contributed by atoms with Crippen molar-refractivity contribution in [3.05, 3.63) is 119 Å². The van der Waals surface area contributed by atoms with Crippen molar-refractivity contribution in [2.24, 2.45) is 0 Å². The first-order valence-corrected chi connectivity index (χ1v) is 18.6. The Hall–Kier alpha value is -3.99. The van der Waals surface area contributed by atoms with Gasteiger partial charge in [-0.15, -0.1) is 11.8 Å². The molecule has 0 fully saturated rings. The molecule has 4 aromatic carbocycles. The monoisotopic (exact) mass is 707 g/mol. The highest BCUT2D eigenvalue weighted by molar-refractivity contribution is 7.98. The number of hydrogen-bond acceptors (Lipinski definition) is 6. The summed E-state index contributed by atoms with van der Waals surface area (Å²) in [5.41, 5.74) is 1.29. The Labute approximate surface area is 293 Å². The molecule has 1 atom stereocenters. The van der Waals surface area contributed by atoms with Crippen molar-refractivity contribution in [3.8, 4) is 5.75 Å². The maximum absolute atomic E-state index is 14.6. The van der Waals surface area contributed by atoms with Crippen molar-refractivity contribution < 1.29 is 22.7 Å². The Morgan fingerprint density at radius 2 is 1.50 bits per heavy atom. The fraction of sp³-hybridized carbons (Fsp3) is 0.297. The normalized spacial score (nSPS) is 12.2. The maximum atomic E-state index is 14.6. The molecule has 4 aromatic rings. The molecule has 0 aromatic heterocycles. The minimum absolute atomic E-state index is 0.0394. The molecule has 48 heavy (non-hydrogen) atoms. The van der Waals surface area contributed by atoms with Crippen LogP contribution < -0.4 is 14.4 Å². The number of benzene rings is 4. The van der Waals surface area contributed by atoms with Crippen LogP contribution in [0, 0.1) is 0 Å². The lowest BCUT2D eigenvalue weighted by atomic mass is 10.0. The summed E-state index contributed by atoms with van der Waals surface area (Å²) in [6.07, 6.45) is 2.12. The number of carbonyl (C=O) groups excluding carboxylic acids is 2. The van der Waals surface area contributed by atoms with Crippen molar-refractivity contribution in [2.45, 2.75) is 62.0 Å². The highest BCUT2D eigenvalue weighted by Gasteiger charge is 2.35. The highest BCUT2D eigenvalue weighted by atomic mass is 35.5. The van der Waals surface area contributed by atoms with Crippen LogP contribution in [0.4, 0.5) is 5.69 Å². The van der Waals surface area contributed by atoms with E-state index in [2.05, 4.69) is 5.32 Å². The van der Waals surface area contributed by atoms with E-state index >= 15 is 0 Å². The van der Waals surface area contributed by atoms with Gasteiger partial charge in [-0.2, -0.15) is 0 Å². The van der Waals surface area contributed by atoms with E-state index in [-0.39, 0.29) is 29.5 Å². The van der Waals surface area contributed by atoms with Crippen molar-refractivity contribution in [3.63, 3.8) is 0 Å². The van der Waals surface area contributed by atoms with Crippen LogP contribution in [-0.2, 0) is 32.6 Å². The molecule has 4 rings (SSSR count). The van der Waals surface area contributed by atoms with Gasteiger partial charge < -0.3 is 15.0 Å².